The average Bonchev–Trinajstić information content (AvgIpc) is 2.90. The number of carbonyl (C=O) groups is 1. The third-order valence-electron chi connectivity index (χ3n) is 4.30. The SMILES string of the molecule is NC1=NC(=O)N(Cc2ccccc2)C1c1ccc(Cl)c2cccnc12. The minimum atomic E-state index is -0.456. The third kappa shape index (κ3) is 2.72. The van der Waals surface area contributed by atoms with Crippen molar-refractivity contribution < 1.29 is 4.79 Å². The topological polar surface area (TPSA) is 71.6 Å². The highest BCUT2D eigenvalue weighted by atomic mass is 35.5. The van der Waals surface area contributed by atoms with E-state index in [1.54, 1.807) is 17.2 Å². The van der Waals surface area contributed by atoms with Crippen molar-refractivity contribution in [3.8, 4) is 0 Å². The number of aromatic nitrogens is 1. The number of halogens is 1. The number of nitrogens with two attached hydrogens (primary N) is 1. The molecule has 25 heavy (non-hydrogen) atoms. The molecule has 6 heteroatoms. The van der Waals surface area contributed by atoms with Crippen LogP contribution in [0.25, 0.3) is 10.9 Å². The molecule has 0 bridgehead atoms. The van der Waals surface area contributed by atoms with Crippen LogP contribution in [0, 0.1) is 0 Å². The third-order valence-corrected chi connectivity index (χ3v) is 4.63. The van der Waals surface area contributed by atoms with Gasteiger partial charge >= 0.3 is 6.03 Å². The summed E-state index contributed by atoms with van der Waals surface area (Å²) < 4.78 is 0. The first-order valence-electron chi connectivity index (χ1n) is 7.87. The van der Waals surface area contributed by atoms with Gasteiger partial charge in [0.25, 0.3) is 0 Å². The van der Waals surface area contributed by atoms with Crippen LogP contribution in [0.2, 0.25) is 5.02 Å². The van der Waals surface area contributed by atoms with E-state index in [2.05, 4.69) is 9.98 Å². The van der Waals surface area contributed by atoms with Gasteiger partial charge in [-0.15, -0.1) is 0 Å². The summed E-state index contributed by atoms with van der Waals surface area (Å²) >= 11 is 6.28. The van der Waals surface area contributed by atoms with Crippen molar-refractivity contribution in [2.24, 2.45) is 10.7 Å². The zero-order valence-electron chi connectivity index (χ0n) is 13.3. The van der Waals surface area contributed by atoms with E-state index < -0.39 is 6.04 Å². The lowest BCUT2D eigenvalue weighted by molar-refractivity contribution is 0.204. The van der Waals surface area contributed by atoms with Gasteiger partial charge in [0.15, 0.2) is 0 Å². The normalized spacial score (nSPS) is 17.2. The second kappa shape index (κ2) is 6.18. The minimum absolute atomic E-state index is 0.273. The molecule has 0 radical (unpaired) electrons. The van der Waals surface area contributed by atoms with Crippen molar-refractivity contribution in [1.29, 1.82) is 0 Å². The van der Waals surface area contributed by atoms with Gasteiger partial charge in [0.05, 0.1) is 5.52 Å². The molecular weight excluding hydrogens is 336 g/mol. The maximum Gasteiger partial charge on any atom is 0.346 e. The first-order valence-corrected chi connectivity index (χ1v) is 8.24. The summed E-state index contributed by atoms with van der Waals surface area (Å²) in [6.45, 7) is 0.422. The Morgan fingerprint density at radius 2 is 1.88 bits per heavy atom. The maximum absolute atomic E-state index is 12.4. The maximum atomic E-state index is 12.4. The number of nitrogens with zero attached hydrogens (tertiary/aromatic N) is 3. The van der Waals surface area contributed by atoms with Crippen LogP contribution in [0.15, 0.2) is 65.8 Å². The largest absolute Gasteiger partial charge is 0.385 e. The zero-order valence-corrected chi connectivity index (χ0v) is 14.0. The van der Waals surface area contributed by atoms with E-state index in [9.17, 15) is 4.79 Å². The van der Waals surface area contributed by atoms with Crippen LogP contribution in [0.5, 0.6) is 0 Å². The van der Waals surface area contributed by atoms with E-state index in [1.165, 1.54) is 0 Å². The Morgan fingerprint density at radius 1 is 1.08 bits per heavy atom. The van der Waals surface area contributed by atoms with Crippen LogP contribution in [-0.4, -0.2) is 21.8 Å². The summed E-state index contributed by atoms with van der Waals surface area (Å²) in [4.78, 5) is 22.5. The Balaban J connectivity index is 1.81. The monoisotopic (exact) mass is 350 g/mol. The van der Waals surface area contributed by atoms with Crippen LogP contribution in [-0.2, 0) is 6.54 Å². The lowest BCUT2D eigenvalue weighted by atomic mass is 10.0. The summed E-state index contributed by atoms with van der Waals surface area (Å²) in [7, 11) is 0. The minimum Gasteiger partial charge on any atom is -0.385 e. The molecule has 2 aromatic carbocycles. The molecule has 2 N–H and O–H groups in total. The number of aliphatic imine (C=N–C) groups is 1. The van der Waals surface area contributed by atoms with Crippen molar-refractivity contribution in [1.82, 2.24) is 9.88 Å². The number of fused-ring (bicyclic) bond motifs is 1. The van der Waals surface area contributed by atoms with Crippen LogP contribution >= 0.6 is 11.6 Å². The van der Waals surface area contributed by atoms with E-state index >= 15 is 0 Å². The molecular formula is C19H15ClN4O. The molecule has 0 spiro atoms. The van der Waals surface area contributed by atoms with Crippen LogP contribution in [0.1, 0.15) is 17.2 Å². The lowest BCUT2D eigenvalue weighted by Crippen LogP contribution is -2.33. The van der Waals surface area contributed by atoms with Gasteiger partial charge in [0.2, 0.25) is 0 Å². The van der Waals surface area contributed by atoms with Crippen LogP contribution in [0.3, 0.4) is 0 Å². The number of pyridine rings is 1. The Hall–Kier alpha value is -2.92. The Morgan fingerprint density at radius 3 is 2.68 bits per heavy atom. The molecule has 4 rings (SSSR count). The number of rotatable bonds is 3. The fourth-order valence-corrected chi connectivity index (χ4v) is 3.37. The summed E-state index contributed by atoms with van der Waals surface area (Å²) in [6.07, 6.45) is 1.70. The molecule has 1 unspecified atom stereocenters. The second-order valence-electron chi connectivity index (χ2n) is 5.87. The van der Waals surface area contributed by atoms with E-state index in [4.69, 9.17) is 17.3 Å². The second-order valence-corrected chi connectivity index (χ2v) is 6.28. The quantitative estimate of drug-likeness (QED) is 0.778. The van der Waals surface area contributed by atoms with Gasteiger partial charge in [0.1, 0.15) is 11.9 Å². The number of benzene rings is 2. The molecule has 3 aromatic rings. The van der Waals surface area contributed by atoms with Crippen molar-refractivity contribution in [2.45, 2.75) is 12.6 Å². The number of hydrogen-bond donors (Lipinski definition) is 1. The molecule has 1 aliphatic heterocycles. The van der Waals surface area contributed by atoms with Crippen molar-refractivity contribution in [2.75, 3.05) is 0 Å². The number of amidine groups is 1. The molecule has 0 aliphatic carbocycles. The van der Waals surface area contributed by atoms with Crippen molar-refractivity contribution >= 4 is 34.4 Å². The van der Waals surface area contributed by atoms with Crippen molar-refractivity contribution in [3.05, 3.63) is 76.9 Å². The first-order chi connectivity index (χ1) is 12.1. The lowest BCUT2D eigenvalue weighted by Gasteiger charge is -2.25. The van der Waals surface area contributed by atoms with Gasteiger partial charge in [-0.25, -0.2) is 4.79 Å². The highest BCUT2D eigenvalue weighted by molar-refractivity contribution is 6.35. The summed E-state index contributed by atoms with van der Waals surface area (Å²) in [5.41, 5.74) is 8.66. The van der Waals surface area contributed by atoms with Crippen LogP contribution < -0.4 is 5.73 Å². The Kier molecular flexibility index (Phi) is 3.86. The van der Waals surface area contributed by atoms with Gasteiger partial charge < -0.3 is 10.6 Å². The Bertz CT molecular complexity index is 987. The number of hydrogen-bond acceptors (Lipinski definition) is 3. The van der Waals surface area contributed by atoms with E-state index in [1.807, 2.05) is 48.5 Å². The molecule has 1 atom stereocenters. The van der Waals surface area contributed by atoms with Gasteiger partial charge in [0, 0.05) is 28.7 Å². The van der Waals surface area contributed by atoms with E-state index in [0.29, 0.717) is 11.6 Å². The summed E-state index contributed by atoms with van der Waals surface area (Å²) in [5.74, 6) is 0.273. The summed E-state index contributed by atoms with van der Waals surface area (Å²) in [5, 5.41) is 1.44. The number of urea groups is 1. The smallest absolute Gasteiger partial charge is 0.346 e. The highest BCUT2D eigenvalue weighted by Crippen LogP contribution is 2.34. The van der Waals surface area contributed by atoms with E-state index in [-0.39, 0.29) is 11.9 Å². The van der Waals surface area contributed by atoms with Gasteiger partial charge in [-0.1, -0.05) is 48.0 Å². The molecule has 2 amide bonds. The number of amides is 2. The van der Waals surface area contributed by atoms with Crippen LogP contribution in [0.4, 0.5) is 4.79 Å². The molecule has 5 nitrogen and oxygen atoms in total. The van der Waals surface area contributed by atoms with Crippen molar-refractivity contribution in [3.63, 3.8) is 0 Å². The zero-order chi connectivity index (χ0) is 17.4. The molecule has 2 heterocycles. The molecule has 124 valence electrons. The molecule has 0 fully saturated rings. The first kappa shape index (κ1) is 15.6. The molecule has 1 aromatic heterocycles. The predicted molar refractivity (Wildman–Crippen MR) is 98.5 cm³/mol. The molecule has 0 saturated carbocycles. The Labute approximate surface area is 149 Å². The standard InChI is InChI=1S/C19H15ClN4O/c20-15-9-8-14(16-13(15)7-4-10-22-16)17-18(21)23-19(25)24(17)11-12-5-2-1-3-6-12/h1-10,17H,11H2,(H2,21,23,25). The predicted octanol–water partition coefficient (Wildman–Crippen LogP) is 3.92. The number of carbonyl (C=O) groups excluding carboxylic acids is 1. The average molecular weight is 351 g/mol. The fraction of sp³-hybridized carbons (Fsp3) is 0.105. The van der Waals surface area contributed by atoms with E-state index in [0.717, 1.165) is 22.0 Å². The van der Waals surface area contributed by atoms with Gasteiger partial charge in [-0.2, -0.15) is 4.99 Å². The van der Waals surface area contributed by atoms with Gasteiger partial charge in [-0.3, -0.25) is 4.98 Å². The highest BCUT2D eigenvalue weighted by Gasteiger charge is 2.36. The summed E-state index contributed by atoms with van der Waals surface area (Å²) in [6, 6.07) is 16.4. The molecule has 0 saturated heterocycles. The molecule has 1 aliphatic rings. The van der Waals surface area contributed by atoms with Gasteiger partial charge in [-0.05, 0) is 23.8 Å². The fourth-order valence-electron chi connectivity index (χ4n) is 3.15.